The molecule has 1 saturated carbocycles. The van der Waals surface area contributed by atoms with Crippen LogP contribution in [0.4, 0.5) is 4.79 Å². The maximum absolute atomic E-state index is 12.6. The zero-order chi connectivity index (χ0) is 19.8. The number of hydrogen-bond donors (Lipinski definition) is 2. The van der Waals surface area contributed by atoms with E-state index >= 15 is 0 Å². The summed E-state index contributed by atoms with van der Waals surface area (Å²) in [5.41, 5.74) is -0.0521. The Morgan fingerprint density at radius 2 is 2.04 bits per heavy atom. The Bertz CT molecular complexity index is 781. The Labute approximate surface area is 168 Å². The lowest BCUT2D eigenvalue weighted by Gasteiger charge is -2.22. The van der Waals surface area contributed by atoms with Crippen LogP contribution in [0, 0.1) is 5.92 Å². The third-order valence-corrected chi connectivity index (χ3v) is 5.99. The van der Waals surface area contributed by atoms with Gasteiger partial charge in [-0.3, -0.25) is 14.5 Å². The van der Waals surface area contributed by atoms with E-state index in [-0.39, 0.29) is 30.3 Å². The molecule has 2 aliphatic rings. The number of imide groups is 1. The Balaban J connectivity index is 1.68. The quantitative estimate of drug-likeness (QED) is 0.671. The first-order valence-corrected chi connectivity index (χ1v) is 9.90. The van der Waals surface area contributed by atoms with E-state index in [1.807, 2.05) is 13.0 Å². The standard InChI is InChI=1S/C19H23Cl2N3O3/c1-3-4-15(11-5-8-13(20)14(21)9-11)22-16(25)10-24-17(26)19(2,12-6-7-12)23-18(24)27/h5,8-9,12,15H,3-4,6-7,10H2,1-2H3,(H,22,25)(H,23,27). The maximum Gasteiger partial charge on any atom is 0.325 e. The average Bonchev–Trinajstić information content (AvgIpc) is 3.43. The summed E-state index contributed by atoms with van der Waals surface area (Å²) in [7, 11) is 0. The Kier molecular flexibility index (Phi) is 5.68. The minimum Gasteiger partial charge on any atom is -0.348 e. The third kappa shape index (κ3) is 4.06. The van der Waals surface area contributed by atoms with E-state index in [4.69, 9.17) is 23.2 Å². The molecule has 2 fully saturated rings. The number of benzene rings is 1. The molecule has 1 aliphatic heterocycles. The molecule has 0 aromatic heterocycles. The Morgan fingerprint density at radius 1 is 1.33 bits per heavy atom. The zero-order valence-corrected chi connectivity index (χ0v) is 16.9. The summed E-state index contributed by atoms with van der Waals surface area (Å²) in [6.07, 6.45) is 3.37. The molecule has 146 valence electrons. The molecule has 2 atom stereocenters. The van der Waals surface area contributed by atoms with E-state index in [1.165, 1.54) is 0 Å². The highest BCUT2D eigenvalue weighted by Gasteiger charge is 2.56. The third-order valence-electron chi connectivity index (χ3n) is 5.26. The highest BCUT2D eigenvalue weighted by Crippen LogP contribution is 2.42. The number of halogens is 2. The van der Waals surface area contributed by atoms with Gasteiger partial charge in [0.2, 0.25) is 5.91 Å². The zero-order valence-electron chi connectivity index (χ0n) is 15.4. The molecule has 0 radical (unpaired) electrons. The van der Waals surface area contributed by atoms with E-state index in [1.54, 1.807) is 19.1 Å². The van der Waals surface area contributed by atoms with Gasteiger partial charge in [-0.15, -0.1) is 0 Å². The minimum absolute atomic E-state index is 0.158. The molecular weight excluding hydrogens is 389 g/mol. The molecule has 1 aromatic carbocycles. The van der Waals surface area contributed by atoms with Crippen LogP contribution < -0.4 is 10.6 Å². The molecule has 27 heavy (non-hydrogen) atoms. The molecule has 2 unspecified atom stereocenters. The van der Waals surface area contributed by atoms with Gasteiger partial charge in [0.25, 0.3) is 5.91 Å². The molecule has 1 aliphatic carbocycles. The number of amides is 4. The molecule has 1 saturated heterocycles. The SMILES string of the molecule is CCCC(NC(=O)CN1C(=O)NC(C)(C2CC2)C1=O)c1ccc(Cl)c(Cl)c1. The first-order valence-electron chi connectivity index (χ1n) is 9.14. The van der Waals surface area contributed by atoms with Gasteiger partial charge >= 0.3 is 6.03 Å². The van der Waals surface area contributed by atoms with E-state index < -0.39 is 11.6 Å². The van der Waals surface area contributed by atoms with Crippen LogP contribution in [-0.4, -0.2) is 34.8 Å². The van der Waals surface area contributed by atoms with Crippen LogP contribution in [-0.2, 0) is 9.59 Å². The molecule has 2 N–H and O–H groups in total. The van der Waals surface area contributed by atoms with E-state index in [2.05, 4.69) is 10.6 Å². The van der Waals surface area contributed by atoms with Crippen molar-refractivity contribution in [2.45, 2.75) is 51.1 Å². The summed E-state index contributed by atoms with van der Waals surface area (Å²) in [6.45, 7) is 3.45. The van der Waals surface area contributed by atoms with Gasteiger partial charge in [0.15, 0.2) is 0 Å². The molecule has 0 bridgehead atoms. The number of carbonyl (C=O) groups excluding carboxylic acids is 3. The van der Waals surface area contributed by atoms with Crippen molar-refractivity contribution < 1.29 is 14.4 Å². The predicted octanol–water partition coefficient (Wildman–Crippen LogP) is 3.67. The molecule has 1 heterocycles. The van der Waals surface area contributed by atoms with Crippen LogP contribution in [0.25, 0.3) is 0 Å². The van der Waals surface area contributed by atoms with E-state index in [9.17, 15) is 14.4 Å². The fraction of sp³-hybridized carbons (Fsp3) is 0.526. The summed E-state index contributed by atoms with van der Waals surface area (Å²) < 4.78 is 0. The second kappa shape index (κ2) is 7.68. The van der Waals surface area contributed by atoms with Gasteiger partial charge in [-0.2, -0.15) is 0 Å². The largest absolute Gasteiger partial charge is 0.348 e. The number of rotatable bonds is 7. The number of carbonyl (C=O) groups is 3. The molecule has 0 spiro atoms. The van der Waals surface area contributed by atoms with Crippen molar-refractivity contribution in [1.29, 1.82) is 0 Å². The van der Waals surface area contributed by atoms with Gasteiger partial charge in [-0.1, -0.05) is 42.6 Å². The van der Waals surface area contributed by atoms with Gasteiger partial charge in [0, 0.05) is 0 Å². The summed E-state index contributed by atoms with van der Waals surface area (Å²) in [6, 6.07) is 4.45. The highest BCUT2D eigenvalue weighted by molar-refractivity contribution is 6.42. The van der Waals surface area contributed by atoms with Crippen LogP contribution in [0.3, 0.4) is 0 Å². The van der Waals surface area contributed by atoms with Crippen molar-refractivity contribution in [3.05, 3.63) is 33.8 Å². The smallest absolute Gasteiger partial charge is 0.325 e. The maximum atomic E-state index is 12.6. The van der Waals surface area contributed by atoms with Crippen molar-refractivity contribution in [2.24, 2.45) is 5.92 Å². The fourth-order valence-corrected chi connectivity index (χ4v) is 3.83. The van der Waals surface area contributed by atoms with Crippen molar-refractivity contribution in [2.75, 3.05) is 6.54 Å². The molecular formula is C19H23Cl2N3O3. The minimum atomic E-state index is -0.885. The predicted molar refractivity (Wildman–Crippen MR) is 104 cm³/mol. The van der Waals surface area contributed by atoms with Gasteiger partial charge in [-0.25, -0.2) is 4.79 Å². The second-order valence-corrected chi connectivity index (χ2v) is 8.19. The molecule has 6 nitrogen and oxygen atoms in total. The highest BCUT2D eigenvalue weighted by atomic mass is 35.5. The number of nitrogens with one attached hydrogen (secondary N) is 2. The summed E-state index contributed by atoms with van der Waals surface area (Å²) in [5.74, 6) is -0.555. The summed E-state index contributed by atoms with van der Waals surface area (Å²) >= 11 is 12.0. The van der Waals surface area contributed by atoms with Crippen molar-refractivity contribution in [1.82, 2.24) is 15.5 Å². The summed E-state index contributed by atoms with van der Waals surface area (Å²) in [5, 5.41) is 6.51. The lowest BCUT2D eigenvalue weighted by atomic mass is 9.96. The number of urea groups is 1. The van der Waals surface area contributed by atoms with Crippen LogP contribution in [0.15, 0.2) is 18.2 Å². The Morgan fingerprint density at radius 3 is 2.63 bits per heavy atom. The van der Waals surface area contributed by atoms with Gasteiger partial charge in [0.05, 0.1) is 16.1 Å². The topological polar surface area (TPSA) is 78.5 Å². The molecule has 3 rings (SSSR count). The Hall–Kier alpha value is -1.79. The molecule has 4 amide bonds. The van der Waals surface area contributed by atoms with Crippen molar-refractivity contribution in [3.63, 3.8) is 0 Å². The lowest BCUT2D eigenvalue weighted by Crippen LogP contribution is -2.47. The first-order chi connectivity index (χ1) is 12.8. The van der Waals surface area contributed by atoms with Crippen LogP contribution in [0.2, 0.25) is 10.0 Å². The summed E-state index contributed by atoms with van der Waals surface area (Å²) in [4.78, 5) is 38.4. The van der Waals surface area contributed by atoms with Gasteiger partial charge in [0.1, 0.15) is 12.1 Å². The molecule has 8 heteroatoms. The number of hydrogen-bond acceptors (Lipinski definition) is 3. The second-order valence-electron chi connectivity index (χ2n) is 7.38. The monoisotopic (exact) mass is 411 g/mol. The van der Waals surface area contributed by atoms with Crippen molar-refractivity contribution in [3.8, 4) is 0 Å². The van der Waals surface area contributed by atoms with Crippen LogP contribution in [0.1, 0.15) is 51.1 Å². The fourth-order valence-electron chi connectivity index (χ4n) is 3.52. The number of nitrogens with zero attached hydrogens (tertiary/aromatic N) is 1. The van der Waals surface area contributed by atoms with E-state index in [0.717, 1.165) is 29.7 Å². The van der Waals surface area contributed by atoms with Gasteiger partial charge < -0.3 is 10.6 Å². The van der Waals surface area contributed by atoms with Crippen LogP contribution in [0.5, 0.6) is 0 Å². The van der Waals surface area contributed by atoms with Crippen molar-refractivity contribution >= 4 is 41.0 Å². The van der Waals surface area contributed by atoms with Crippen LogP contribution >= 0.6 is 23.2 Å². The molecule has 1 aromatic rings. The lowest BCUT2D eigenvalue weighted by molar-refractivity contribution is -0.135. The normalized spacial score (nSPS) is 23.3. The van der Waals surface area contributed by atoms with E-state index in [0.29, 0.717) is 16.5 Å². The average molecular weight is 412 g/mol. The van der Waals surface area contributed by atoms with Gasteiger partial charge in [-0.05, 0) is 49.8 Å². The first kappa shape index (κ1) is 20.0.